The fourth-order valence-electron chi connectivity index (χ4n) is 2.18. The summed E-state index contributed by atoms with van der Waals surface area (Å²) in [6.45, 7) is 2.12. The molecule has 1 aromatic rings. The number of alkyl halides is 1. The summed E-state index contributed by atoms with van der Waals surface area (Å²) in [6.07, 6.45) is 2.44. The molecule has 2 rings (SSSR count). The van der Waals surface area contributed by atoms with Crippen LogP contribution in [0, 0.1) is 17.6 Å². The molecule has 2 unspecified atom stereocenters. The third kappa shape index (κ3) is 2.07. The summed E-state index contributed by atoms with van der Waals surface area (Å²) in [5, 5.41) is 0. The van der Waals surface area contributed by atoms with E-state index in [-0.39, 0.29) is 16.5 Å². The van der Waals surface area contributed by atoms with Crippen molar-refractivity contribution in [3.63, 3.8) is 0 Å². The number of benzene rings is 1. The van der Waals surface area contributed by atoms with Crippen molar-refractivity contribution in [1.29, 1.82) is 0 Å². The summed E-state index contributed by atoms with van der Waals surface area (Å²) in [6, 6.07) is 2.45. The summed E-state index contributed by atoms with van der Waals surface area (Å²) in [7, 11) is 0. The predicted molar refractivity (Wildman–Crippen MR) is 60.1 cm³/mol. The van der Waals surface area contributed by atoms with E-state index in [4.69, 9.17) is 0 Å². The van der Waals surface area contributed by atoms with Crippen molar-refractivity contribution in [3.05, 3.63) is 34.9 Å². The number of fused-ring (bicyclic) bond motifs is 1. The lowest BCUT2D eigenvalue weighted by Crippen LogP contribution is -2.01. The lowest BCUT2D eigenvalue weighted by Gasteiger charge is -2.13. The molecule has 0 nitrogen and oxygen atoms in total. The molecule has 0 N–H and O–H groups in total. The molecular weight excluding hydrogens is 262 g/mol. The Morgan fingerprint density at radius 3 is 2.67 bits per heavy atom. The largest absolute Gasteiger partial charge is 0.207 e. The molecule has 0 saturated heterocycles. The summed E-state index contributed by atoms with van der Waals surface area (Å²) in [5.41, 5.74) is 1.08. The first-order chi connectivity index (χ1) is 7.09. The van der Waals surface area contributed by atoms with E-state index < -0.39 is 0 Å². The minimum Gasteiger partial charge on any atom is -0.207 e. The van der Waals surface area contributed by atoms with Gasteiger partial charge in [-0.1, -0.05) is 22.9 Å². The summed E-state index contributed by atoms with van der Waals surface area (Å²) in [5.74, 6) is -0.0621. The molecule has 1 aliphatic rings. The van der Waals surface area contributed by atoms with Crippen molar-refractivity contribution in [2.24, 2.45) is 5.92 Å². The molecule has 0 heterocycles. The molecule has 15 heavy (non-hydrogen) atoms. The topological polar surface area (TPSA) is 0 Å². The fourth-order valence-corrected chi connectivity index (χ4v) is 3.32. The molecule has 3 heteroatoms. The van der Waals surface area contributed by atoms with Crippen molar-refractivity contribution in [3.8, 4) is 0 Å². The number of hydrogen-bond donors (Lipinski definition) is 0. The Hall–Kier alpha value is -0.440. The highest BCUT2D eigenvalue weighted by Gasteiger charge is 2.25. The molecular formula is C12H13BrF2. The average Bonchev–Trinajstić information content (AvgIpc) is 2.32. The third-order valence-electron chi connectivity index (χ3n) is 3.06. The molecule has 0 radical (unpaired) electrons. The van der Waals surface area contributed by atoms with E-state index in [0.717, 1.165) is 12.8 Å². The molecule has 82 valence electrons. The Bertz CT molecular complexity index is 376. The van der Waals surface area contributed by atoms with Crippen LogP contribution in [-0.2, 0) is 6.42 Å². The second-order valence-corrected chi connectivity index (χ2v) is 5.37. The van der Waals surface area contributed by atoms with Crippen LogP contribution in [0.25, 0.3) is 0 Å². The first-order valence-corrected chi connectivity index (χ1v) is 6.12. The minimum absolute atomic E-state index is 0.0549. The van der Waals surface area contributed by atoms with Gasteiger partial charge >= 0.3 is 0 Å². The monoisotopic (exact) mass is 274 g/mol. The van der Waals surface area contributed by atoms with Crippen molar-refractivity contribution in [2.45, 2.75) is 31.0 Å². The zero-order valence-electron chi connectivity index (χ0n) is 8.56. The second kappa shape index (κ2) is 4.20. The van der Waals surface area contributed by atoms with Gasteiger partial charge in [-0.15, -0.1) is 0 Å². The standard InChI is InChI=1S/C12H13BrF2/c1-7-2-3-8-10(14)4-5-11(15)12(8)9(13)6-7/h4-5,7,9H,2-3,6H2,1H3. The van der Waals surface area contributed by atoms with Gasteiger partial charge in [0.25, 0.3) is 0 Å². The SMILES string of the molecule is CC1CCc2c(F)ccc(F)c2C(Br)C1. The Kier molecular flexibility index (Phi) is 3.10. The lowest BCUT2D eigenvalue weighted by molar-refractivity contribution is 0.502. The van der Waals surface area contributed by atoms with E-state index in [9.17, 15) is 8.78 Å². The van der Waals surface area contributed by atoms with E-state index in [2.05, 4.69) is 22.9 Å². The molecule has 1 aliphatic carbocycles. The first kappa shape index (κ1) is 11.1. The third-order valence-corrected chi connectivity index (χ3v) is 3.89. The first-order valence-electron chi connectivity index (χ1n) is 5.20. The van der Waals surface area contributed by atoms with Gasteiger partial charge in [-0.3, -0.25) is 0 Å². The number of rotatable bonds is 0. The number of hydrogen-bond acceptors (Lipinski definition) is 0. The van der Waals surface area contributed by atoms with E-state index >= 15 is 0 Å². The molecule has 0 fully saturated rings. The highest BCUT2D eigenvalue weighted by Crippen LogP contribution is 2.39. The summed E-state index contributed by atoms with van der Waals surface area (Å²) < 4.78 is 27.2. The molecule has 0 saturated carbocycles. The van der Waals surface area contributed by atoms with Crippen LogP contribution in [0.15, 0.2) is 12.1 Å². The van der Waals surface area contributed by atoms with E-state index in [0.29, 0.717) is 23.5 Å². The van der Waals surface area contributed by atoms with Crippen LogP contribution in [0.2, 0.25) is 0 Å². The van der Waals surface area contributed by atoms with Gasteiger partial charge in [0.2, 0.25) is 0 Å². The van der Waals surface area contributed by atoms with Gasteiger partial charge in [0, 0.05) is 10.4 Å². The van der Waals surface area contributed by atoms with Gasteiger partial charge in [-0.2, -0.15) is 0 Å². The normalized spacial score (nSPS) is 25.9. The molecule has 0 amide bonds. The van der Waals surface area contributed by atoms with E-state index in [1.165, 1.54) is 12.1 Å². The maximum Gasteiger partial charge on any atom is 0.128 e. The summed E-state index contributed by atoms with van der Waals surface area (Å²) in [4.78, 5) is -0.0549. The maximum absolute atomic E-state index is 13.6. The van der Waals surface area contributed by atoms with Crippen LogP contribution in [0.4, 0.5) is 8.78 Å². The molecule has 1 aromatic carbocycles. The highest BCUT2D eigenvalue weighted by atomic mass is 79.9. The Balaban J connectivity index is 2.52. The van der Waals surface area contributed by atoms with Gasteiger partial charge in [-0.05, 0) is 42.9 Å². The highest BCUT2D eigenvalue weighted by molar-refractivity contribution is 9.09. The van der Waals surface area contributed by atoms with Crippen molar-refractivity contribution in [2.75, 3.05) is 0 Å². The van der Waals surface area contributed by atoms with Gasteiger partial charge in [0.15, 0.2) is 0 Å². The van der Waals surface area contributed by atoms with Gasteiger partial charge in [0.05, 0.1) is 0 Å². The molecule has 2 atom stereocenters. The Labute approximate surface area is 96.8 Å². The Morgan fingerprint density at radius 1 is 1.27 bits per heavy atom. The van der Waals surface area contributed by atoms with Crippen LogP contribution in [0.5, 0.6) is 0 Å². The van der Waals surface area contributed by atoms with E-state index in [1.807, 2.05) is 0 Å². The van der Waals surface area contributed by atoms with Crippen molar-refractivity contribution >= 4 is 15.9 Å². The Morgan fingerprint density at radius 2 is 1.93 bits per heavy atom. The van der Waals surface area contributed by atoms with Crippen LogP contribution in [0.1, 0.15) is 35.7 Å². The number of halogens is 3. The zero-order chi connectivity index (χ0) is 11.0. The fraction of sp³-hybridized carbons (Fsp3) is 0.500. The lowest BCUT2D eigenvalue weighted by atomic mass is 10.0. The van der Waals surface area contributed by atoms with E-state index in [1.54, 1.807) is 0 Å². The smallest absolute Gasteiger partial charge is 0.128 e. The predicted octanol–water partition coefficient (Wildman–Crippen LogP) is 4.37. The van der Waals surface area contributed by atoms with Crippen molar-refractivity contribution in [1.82, 2.24) is 0 Å². The quantitative estimate of drug-likeness (QED) is 0.487. The van der Waals surface area contributed by atoms with Crippen LogP contribution >= 0.6 is 15.9 Å². The van der Waals surface area contributed by atoms with Crippen LogP contribution in [-0.4, -0.2) is 0 Å². The second-order valence-electron chi connectivity index (χ2n) is 4.27. The van der Waals surface area contributed by atoms with Crippen LogP contribution < -0.4 is 0 Å². The van der Waals surface area contributed by atoms with Gasteiger partial charge in [-0.25, -0.2) is 8.78 Å². The minimum atomic E-state index is -0.289. The maximum atomic E-state index is 13.6. The van der Waals surface area contributed by atoms with Crippen LogP contribution in [0.3, 0.4) is 0 Å². The van der Waals surface area contributed by atoms with Gasteiger partial charge in [0.1, 0.15) is 11.6 Å². The molecule has 0 aromatic heterocycles. The molecule has 0 aliphatic heterocycles. The van der Waals surface area contributed by atoms with Crippen molar-refractivity contribution < 1.29 is 8.78 Å². The van der Waals surface area contributed by atoms with Gasteiger partial charge < -0.3 is 0 Å². The molecule has 0 spiro atoms. The average molecular weight is 275 g/mol. The summed E-state index contributed by atoms with van der Waals surface area (Å²) >= 11 is 3.46. The molecule has 0 bridgehead atoms. The zero-order valence-corrected chi connectivity index (χ0v) is 10.2.